The van der Waals surface area contributed by atoms with Crippen LogP contribution in [0, 0.1) is 11.3 Å². The van der Waals surface area contributed by atoms with E-state index < -0.39 is 0 Å². The molecule has 4 heteroatoms. The van der Waals surface area contributed by atoms with Crippen LogP contribution >= 0.6 is 11.6 Å². The summed E-state index contributed by atoms with van der Waals surface area (Å²) >= 11 is 5.99. The predicted molar refractivity (Wildman–Crippen MR) is 62.3 cm³/mol. The second-order valence-electron chi connectivity index (χ2n) is 3.17. The molecule has 0 spiro atoms. The highest BCUT2D eigenvalue weighted by atomic mass is 35.5. The molecule has 1 aromatic carbocycles. The normalized spacial score (nSPS) is 10.1. The van der Waals surface area contributed by atoms with Gasteiger partial charge in [0.25, 0.3) is 0 Å². The molecule has 0 fully saturated rings. The van der Waals surface area contributed by atoms with Gasteiger partial charge < -0.3 is 9.47 Å². The molecule has 86 valence electrons. The molecule has 0 aromatic heterocycles. The topological polar surface area (TPSA) is 42.2 Å². The summed E-state index contributed by atoms with van der Waals surface area (Å²) in [5, 5.41) is 9.23. The fourth-order valence-corrected chi connectivity index (χ4v) is 1.41. The van der Waals surface area contributed by atoms with Crippen molar-refractivity contribution in [1.82, 2.24) is 0 Å². The van der Waals surface area contributed by atoms with Crippen molar-refractivity contribution < 1.29 is 9.47 Å². The van der Waals surface area contributed by atoms with Crippen LogP contribution in [0.15, 0.2) is 18.2 Å². The van der Waals surface area contributed by atoms with Gasteiger partial charge >= 0.3 is 0 Å². The molecule has 16 heavy (non-hydrogen) atoms. The van der Waals surface area contributed by atoms with E-state index >= 15 is 0 Å². The quantitative estimate of drug-likeness (QED) is 0.717. The van der Waals surface area contributed by atoms with Crippen LogP contribution in [0.25, 0.3) is 0 Å². The third kappa shape index (κ3) is 4.19. The highest BCUT2D eigenvalue weighted by Crippen LogP contribution is 2.18. The van der Waals surface area contributed by atoms with Crippen molar-refractivity contribution in [2.24, 2.45) is 0 Å². The minimum absolute atomic E-state index is 0.442. The summed E-state index contributed by atoms with van der Waals surface area (Å²) in [6, 6.07) is 7.21. The van der Waals surface area contributed by atoms with Gasteiger partial charge in [0, 0.05) is 11.6 Å². The predicted octanol–water partition coefficient (Wildman–Crippen LogP) is 2.76. The summed E-state index contributed by atoms with van der Waals surface area (Å²) in [6.07, 6.45) is 0. The minimum atomic E-state index is 0.442. The Morgan fingerprint density at radius 3 is 2.69 bits per heavy atom. The zero-order valence-corrected chi connectivity index (χ0v) is 9.96. The summed E-state index contributed by atoms with van der Waals surface area (Å²) in [5.74, 6) is 0. The molecule has 0 aliphatic rings. The SMILES string of the molecule is CCOCCOCc1ccc(C#N)cc1Cl. The van der Waals surface area contributed by atoms with Crippen LogP contribution in [0.2, 0.25) is 5.02 Å². The van der Waals surface area contributed by atoms with Crippen LogP contribution in [0.3, 0.4) is 0 Å². The van der Waals surface area contributed by atoms with Crippen LogP contribution in [0.1, 0.15) is 18.1 Å². The van der Waals surface area contributed by atoms with Crippen molar-refractivity contribution in [3.8, 4) is 6.07 Å². The third-order valence-electron chi connectivity index (χ3n) is 2.02. The Labute approximate surface area is 101 Å². The lowest BCUT2D eigenvalue weighted by Gasteiger charge is -2.06. The molecule has 0 N–H and O–H groups in total. The van der Waals surface area contributed by atoms with Crippen LogP contribution in [-0.2, 0) is 16.1 Å². The fourth-order valence-electron chi connectivity index (χ4n) is 1.18. The molecule has 0 aliphatic heterocycles. The number of hydrogen-bond acceptors (Lipinski definition) is 3. The van der Waals surface area contributed by atoms with Crippen molar-refractivity contribution in [2.75, 3.05) is 19.8 Å². The van der Waals surface area contributed by atoms with E-state index in [0.29, 0.717) is 37.0 Å². The largest absolute Gasteiger partial charge is 0.379 e. The van der Waals surface area contributed by atoms with E-state index in [4.69, 9.17) is 26.3 Å². The molecule has 0 bridgehead atoms. The van der Waals surface area contributed by atoms with Gasteiger partial charge in [0.1, 0.15) is 0 Å². The van der Waals surface area contributed by atoms with E-state index in [1.165, 1.54) is 0 Å². The number of nitrogens with zero attached hydrogens (tertiary/aromatic N) is 1. The molecule has 0 saturated heterocycles. The first-order valence-electron chi connectivity index (χ1n) is 5.12. The van der Waals surface area contributed by atoms with E-state index in [1.54, 1.807) is 12.1 Å². The molecule has 0 unspecified atom stereocenters. The highest BCUT2D eigenvalue weighted by Gasteiger charge is 2.01. The lowest BCUT2D eigenvalue weighted by atomic mass is 10.1. The molecule has 0 heterocycles. The van der Waals surface area contributed by atoms with Crippen LogP contribution in [-0.4, -0.2) is 19.8 Å². The molecule has 1 aromatic rings. The van der Waals surface area contributed by atoms with Gasteiger partial charge in [0.15, 0.2) is 0 Å². The van der Waals surface area contributed by atoms with Gasteiger partial charge in [-0.25, -0.2) is 0 Å². The smallest absolute Gasteiger partial charge is 0.0992 e. The molecule has 3 nitrogen and oxygen atoms in total. The summed E-state index contributed by atoms with van der Waals surface area (Å²) in [4.78, 5) is 0. The van der Waals surface area contributed by atoms with Crippen molar-refractivity contribution in [3.05, 3.63) is 34.3 Å². The maximum atomic E-state index is 8.67. The third-order valence-corrected chi connectivity index (χ3v) is 2.37. The summed E-state index contributed by atoms with van der Waals surface area (Å²) in [5.41, 5.74) is 1.44. The number of nitriles is 1. The highest BCUT2D eigenvalue weighted by molar-refractivity contribution is 6.31. The molecule has 0 radical (unpaired) electrons. The van der Waals surface area contributed by atoms with E-state index in [9.17, 15) is 0 Å². The average Bonchev–Trinajstić information content (AvgIpc) is 2.30. The van der Waals surface area contributed by atoms with Crippen molar-refractivity contribution >= 4 is 11.6 Å². The van der Waals surface area contributed by atoms with Crippen molar-refractivity contribution in [3.63, 3.8) is 0 Å². The van der Waals surface area contributed by atoms with E-state index in [1.807, 2.05) is 19.1 Å². The lowest BCUT2D eigenvalue weighted by molar-refractivity contribution is 0.0453. The molecular weight excluding hydrogens is 226 g/mol. The summed E-state index contributed by atoms with van der Waals surface area (Å²) in [6.45, 7) is 4.21. The maximum absolute atomic E-state index is 8.67. The standard InChI is InChI=1S/C12H14ClNO2/c1-2-15-5-6-16-9-11-4-3-10(8-14)7-12(11)13/h3-4,7H,2,5-6,9H2,1H3. The Kier molecular flexibility index (Phi) is 5.87. The second-order valence-corrected chi connectivity index (χ2v) is 3.57. The first-order chi connectivity index (χ1) is 7.77. The molecule has 0 atom stereocenters. The number of halogens is 1. The summed E-state index contributed by atoms with van der Waals surface area (Å²) < 4.78 is 10.5. The minimum Gasteiger partial charge on any atom is -0.379 e. The van der Waals surface area contributed by atoms with Gasteiger partial charge in [0.2, 0.25) is 0 Å². The van der Waals surface area contributed by atoms with E-state index in [-0.39, 0.29) is 0 Å². The zero-order chi connectivity index (χ0) is 11.8. The average molecular weight is 240 g/mol. The Bertz CT molecular complexity index is 374. The molecule has 0 aliphatic carbocycles. The van der Waals surface area contributed by atoms with Gasteiger partial charge in [0.05, 0.1) is 31.5 Å². The Morgan fingerprint density at radius 2 is 2.06 bits per heavy atom. The zero-order valence-electron chi connectivity index (χ0n) is 9.20. The first kappa shape index (κ1) is 13.0. The summed E-state index contributed by atoms with van der Waals surface area (Å²) in [7, 11) is 0. The number of rotatable bonds is 6. The van der Waals surface area contributed by atoms with Crippen molar-refractivity contribution in [1.29, 1.82) is 5.26 Å². The van der Waals surface area contributed by atoms with E-state index in [2.05, 4.69) is 0 Å². The lowest BCUT2D eigenvalue weighted by Crippen LogP contribution is -2.04. The Balaban J connectivity index is 2.40. The van der Waals surface area contributed by atoms with Crippen molar-refractivity contribution in [2.45, 2.75) is 13.5 Å². The van der Waals surface area contributed by atoms with Gasteiger partial charge in [-0.15, -0.1) is 0 Å². The first-order valence-corrected chi connectivity index (χ1v) is 5.49. The number of hydrogen-bond donors (Lipinski definition) is 0. The van der Waals surface area contributed by atoms with Crippen LogP contribution in [0.4, 0.5) is 0 Å². The Hall–Kier alpha value is -1.08. The van der Waals surface area contributed by atoms with Crippen LogP contribution in [0.5, 0.6) is 0 Å². The second kappa shape index (κ2) is 7.24. The van der Waals surface area contributed by atoms with Gasteiger partial charge in [-0.2, -0.15) is 5.26 Å². The van der Waals surface area contributed by atoms with Gasteiger partial charge in [-0.05, 0) is 24.6 Å². The monoisotopic (exact) mass is 239 g/mol. The molecule has 0 amide bonds. The molecule has 1 rings (SSSR count). The number of ether oxygens (including phenoxy) is 2. The fraction of sp³-hybridized carbons (Fsp3) is 0.417. The van der Waals surface area contributed by atoms with Gasteiger partial charge in [-0.1, -0.05) is 17.7 Å². The van der Waals surface area contributed by atoms with Crippen LogP contribution < -0.4 is 0 Å². The molecule has 0 saturated carbocycles. The molecular formula is C12H14ClNO2. The Morgan fingerprint density at radius 1 is 1.31 bits per heavy atom. The van der Waals surface area contributed by atoms with E-state index in [0.717, 1.165) is 5.56 Å². The van der Waals surface area contributed by atoms with Gasteiger partial charge in [-0.3, -0.25) is 0 Å². The maximum Gasteiger partial charge on any atom is 0.0992 e. The number of benzene rings is 1.